The molecule has 0 spiro atoms. The van der Waals surface area contributed by atoms with Gasteiger partial charge in [0.15, 0.2) is 0 Å². The lowest BCUT2D eigenvalue weighted by molar-refractivity contribution is 0.0982. The second-order valence-electron chi connectivity index (χ2n) is 27.3. The predicted octanol–water partition coefficient (Wildman–Crippen LogP) is 14.5. The maximum Gasteiger partial charge on any atom is 0.229 e. The van der Waals surface area contributed by atoms with Gasteiger partial charge in [0, 0.05) is 192 Å². The van der Waals surface area contributed by atoms with Crippen molar-refractivity contribution in [3.8, 4) is 33.8 Å². The van der Waals surface area contributed by atoms with Crippen molar-refractivity contribution in [1.82, 2.24) is 59.1 Å². The Balaban J connectivity index is 0.000000192. The largest absolute Gasteiger partial charge is 0.495 e. The summed E-state index contributed by atoms with van der Waals surface area (Å²) in [6.07, 6.45) is 16.0. The van der Waals surface area contributed by atoms with Gasteiger partial charge in [-0.15, -0.1) is 0 Å². The zero-order valence-electron chi connectivity index (χ0n) is 61.9. The fraction of sp³-hybridized carbons (Fsp3) is 0.479. The number of nitrogens with zero attached hydrogens (tertiary/aromatic N) is 15. The maximum absolute atomic E-state index is 13.4. The van der Waals surface area contributed by atoms with E-state index in [0.29, 0.717) is 50.1 Å². The van der Waals surface area contributed by atoms with Crippen LogP contribution in [-0.4, -0.2) is 212 Å². The molecule has 29 heteroatoms. The first kappa shape index (κ1) is 79.6. The quantitative estimate of drug-likeness (QED) is 0.0355. The number of benzene rings is 4. The highest BCUT2D eigenvalue weighted by Gasteiger charge is 2.32. The van der Waals surface area contributed by atoms with Crippen molar-refractivity contribution in [1.29, 1.82) is 0 Å². The molecule has 23 nitrogen and oxygen atoms in total. The normalized spacial score (nSPS) is 16.1. The van der Waals surface area contributed by atoms with Crippen LogP contribution in [0.4, 0.5) is 51.7 Å². The molecule has 0 saturated carbocycles. The van der Waals surface area contributed by atoms with E-state index in [4.69, 9.17) is 31.8 Å². The van der Waals surface area contributed by atoms with Crippen LogP contribution in [-0.2, 0) is 22.2 Å². The number of nitrogen functional groups attached to an aromatic ring is 1. The highest BCUT2D eigenvalue weighted by atomic mass is 79.9. The third-order valence-electron chi connectivity index (χ3n) is 19.6. The molecule has 102 heavy (non-hydrogen) atoms. The SMILES string of the molecule is CCn1cc(-c2cc(N)c(OC)cc2N2CCC(N3CCN(C)CC3)CC2)cn1.CCn1cc(-c2cc(Nc3ncc(Br)c(Nc4ccc(C)c(C)c4P(C)(C)=O)n3)c(OC)cc2N2CCC(N3CCN(C)CC3)CC2)cn1.CN=P.Cc1ccc(Nc2nc(Cl)ncc2Br)c(P(C)(C)=O)c1C. The number of anilines is 9. The van der Waals surface area contributed by atoms with Crippen molar-refractivity contribution in [2.75, 3.05) is 172 Å². The molecule has 8 heterocycles. The summed E-state index contributed by atoms with van der Waals surface area (Å²) in [5.41, 5.74) is 20.2. The second kappa shape index (κ2) is 36.0. The van der Waals surface area contributed by atoms with Crippen LogP contribution in [0.25, 0.3) is 22.3 Å². The Morgan fingerprint density at radius 3 is 1.41 bits per heavy atom. The Hall–Kier alpha value is -6.49. The molecule has 0 unspecified atom stereocenters. The molecule has 0 aliphatic carbocycles. The fourth-order valence-corrected chi connectivity index (χ4v) is 17.9. The summed E-state index contributed by atoms with van der Waals surface area (Å²) in [7, 11) is 7.27. The van der Waals surface area contributed by atoms with Crippen molar-refractivity contribution in [3.63, 3.8) is 0 Å². The lowest BCUT2D eigenvalue weighted by atomic mass is 9.98. The summed E-state index contributed by atoms with van der Waals surface area (Å²) in [6, 6.07) is 17.6. The molecule has 0 radical (unpaired) electrons. The van der Waals surface area contributed by atoms with E-state index >= 15 is 0 Å². The monoisotopic (exact) mass is 1600 g/mol. The number of aromatic nitrogens is 8. The van der Waals surface area contributed by atoms with E-state index in [1.807, 2.05) is 79.8 Å². The lowest BCUT2D eigenvalue weighted by Gasteiger charge is -2.43. The molecule has 4 aromatic heterocycles. The standard InChI is InChI=1S/C36H49BrN9O2P.C22H34N6O.C14H16BrClN3OP.CH4NP/c1-8-46-23-26(21-39-46)28-19-31(33(48-5)20-32(28)45-13-11-27(12-14-45)44-17-15-43(4)16-18-44)41-36-38-22-29(37)35(42-36)40-30-10-9-24(2)25(3)34(30)49(6,7)47;1-4-28-16-17(15-24-28)19-13-20(23)22(29-3)14-21(19)27-7-5-18(6-8-27)26-11-9-25(2)10-12-26;1-8-5-6-11(12(9(8)2)21(3,4)20)18-13-10(15)7-17-14(16)19-13;1-2-3/h9-10,19-23,27H,8,11-18H2,1-7H3,(H2,38,40,41,42);13-16,18H,4-12,23H2,1-3H3;5-7H,1-4H3,(H,17,18,19);3H,1H3. The van der Waals surface area contributed by atoms with Crippen molar-refractivity contribution in [2.45, 2.75) is 92.4 Å². The van der Waals surface area contributed by atoms with Crippen molar-refractivity contribution in [3.05, 3.63) is 122 Å². The average molecular weight is 1600 g/mol. The number of nitrogens with one attached hydrogen (secondary N) is 3. The fourth-order valence-electron chi connectivity index (χ4n) is 13.8. The highest BCUT2D eigenvalue weighted by Crippen LogP contribution is 2.45. The molecule has 4 aliphatic rings. The van der Waals surface area contributed by atoms with Crippen LogP contribution in [0.15, 0.2) is 99.4 Å². The van der Waals surface area contributed by atoms with Crippen LogP contribution in [0.5, 0.6) is 11.5 Å². The summed E-state index contributed by atoms with van der Waals surface area (Å²) in [4.78, 5) is 32.7. The van der Waals surface area contributed by atoms with E-state index in [2.05, 4.69) is 175 Å². The van der Waals surface area contributed by atoms with Gasteiger partial charge in [0.2, 0.25) is 11.2 Å². The van der Waals surface area contributed by atoms with E-state index in [1.54, 1.807) is 60.3 Å². The molecule has 12 rings (SSSR count). The Kier molecular flexibility index (Phi) is 28.1. The number of ether oxygens (including phenoxy) is 2. The summed E-state index contributed by atoms with van der Waals surface area (Å²) in [5, 5.41) is 21.0. The van der Waals surface area contributed by atoms with Gasteiger partial charge in [0.25, 0.3) is 0 Å². The number of nitrogens with two attached hydrogens (primary N) is 1. The number of methoxy groups -OCH3 is 2. The smallest absolute Gasteiger partial charge is 0.229 e. The number of rotatable bonds is 18. The number of hydrogen-bond acceptors (Lipinski definition) is 21. The molecular weight excluding hydrogens is 1500 g/mol. The first-order valence-corrected chi connectivity index (χ1v) is 42.5. The molecule has 5 N–H and O–H groups in total. The van der Waals surface area contributed by atoms with Crippen LogP contribution in [0, 0.1) is 27.7 Å². The number of piperazine rings is 2. The minimum absolute atomic E-state index is 0.155. The van der Waals surface area contributed by atoms with E-state index in [-0.39, 0.29) is 5.28 Å². The molecular formula is C73H103Br2ClN19O4P3. The van der Waals surface area contributed by atoms with Crippen molar-refractivity contribution >= 4 is 129 Å². The third-order valence-corrected chi connectivity index (χ3v) is 24.3. The molecule has 4 aromatic carbocycles. The summed E-state index contributed by atoms with van der Waals surface area (Å²) >= 11 is 12.8. The molecule has 4 saturated heterocycles. The zero-order valence-corrected chi connectivity index (χ0v) is 68.6. The van der Waals surface area contributed by atoms with Gasteiger partial charge in [-0.2, -0.15) is 20.2 Å². The Bertz CT molecular complexity index is 4270. The van der Waals surface area contributed by atoms with E-state index < -0.39 is 14.3 Å². The third kappa shape index (κ3) is 20.1. The molecule has 550 valence electrons. The number of halogens is 3. The molecule has 0 amide bonds. The molecule has 4 aliphatic heterocycles. The number of aryl methyl sites for hydroxylation is 4. The molecule has 4 fully saturated rings. The van der Waals surface area contributed by atoms with Crippen LogP contribution >= 0.6 is 66.8 Å². The van der Waals surface area contributed by atoms with Gasteiger partial charge in [0.05, 0.1) is 58.3 Å². The molecule has 0 atom stereocenters. The zero-order chi connectivity index (χ0) is 73.7. The Labute approximate surface area is 627 Å². The Morgan fingerprint density at radius 1 is 0.588 bits per heavy atom. The number of hydrogen-bond donors (Lipinski definition) is 4. The predicted molar refractivity (Wildman–Crippen MR) is 434 cm³/mol. The van der Waals surface area contributed by atoms with Gasteiger partial charge in [-0.1, -0.05) is 12.1 Å². The van der Waals surface area contributed by atoms with Gasteiger partial charge < -0.3 is 59.9 Å². The lowest BCUT2D eigenvalue weighted by Crippen LogP contribution is -2.52. The second-order valence-corrected chi connectivity index (χ2v) is 36.1. The average Bonchev–Trinajstić information content (AvgIpc) is 1.16. The van der Waals surface area contributed by atoms with Gasteiger partial charge >= 0.3 is 0 Å². The van der Waals surface area contributed by atoms with E-state index in [1.165, 1.54) is 44.7 Å². The first-order chi connectivity index (χ1) is 48.6. The van der Waals surface area contributed by atoms with Gasteiger partial charge in [0.1, 0.15) is 37.4 Å². The minimum Gasteiger partial charge on any atom is -0.495 e. The Morgan fingerprint density at radius 2 is 1.00 bits per heavy atom. The van der Waals surface area contributed by atoms with Crippen LogP contribution in [0.3, 0.4) is 0 Å². The summed E-state index contributed by atoms with van der Waals surface area (Å²) < 4.78 is 46.1. The first-order valence-electron chi connectivity index (χ1n) is 34.8. The van der Waals surface area contributed by atoms with Gasteiger partial charge in [-0.3, -0.25) is 23.9 Å². The summed E-state index contributed by atoms with van der Waals surface area (Å²) in [6.45, 7) is 34.4. The van der Waals surface area contributed by atoms with Crippen LogP contribution in [0.2, 0.25) is 5.28 Å². The molecule has 0 bridgehead atoms. The van der Waals surface area contributed by atoms with E-state index in [9.17, 15) is 9.13 Å². The number of piperidine rings is 2. The number of likely N-dealkylation sites (N-methyl/N-ethyl adjacent to an activating group) is 2. The minimum atomic E-state index is -2.58. The van der Waals surface area contributed by atoms with Crippen molar-refractivity contribution < 1.29 is 18.6 Å². The van der Waals surface area contributed by atoms with Crippen LogP contribution < -0.4 is 51.6 Å². The maximum atomic E-state index is 13.4. The summed E-state index contributed by atoms with van der Waals surface area (Å²) in [5.74, 6) is 2.97. The van der Waals surface area contributed by atoms with E-state index in [0.717, 1.165) is 162 Å². The van der Waals surface area contributed by atoms with Crippen LogP contribution in [0.1, 0.15) is 61.8 Å². The van der Waals surface area contributed by atoms with Gasteiger partial charge in [-0.25, -0.2) is 9.97 Å². The van der Waals surface area contributed by atoms with Crippen molar-refractivity contribution in [2.24, 2.45) is 4.74 Å². The highest BCUT2D eigenvalue weighted by molar-refractivity contribution is 9.11. The topological polar surface area (TPSA) is 234 Å². The van der Waals surface area contributed by atoms with Gasteiger partial charge in [-0.05, 0) is 207 Å². The molecule has 8 aromatic rings.